The molecule has 1 aromatic heterocycles. The molecule has 8 nitrogen and oxygen atoms in total. The molecule has 0 radical (unpaired) electrons. The van der Waals surface area contributed by atoms with Crippen molar-refractivity contribution in [2.45, 2.75) is 0 Å². The van der Waals surface area contributed by atoms with Crippen molar-refractivity contribution in [3.05, 3.63) is 76.7 Å². The highest BCUT2D eigenvalue weighted by Gasteiger charge is 2.08. The Hall–Kier alpha value is -3.81. The van der Waals surface area contributed by atoms with Gasteiger partial charge in [-0.15, -0.1) is 0 Å². The third-order valence-electron chi connectivity index (χ3n) is 4.10. The maximum Gasteiger partial charge on any atom is 0.269 e. The first kappa shape index (κ1) is 16.6. The summed E-state index contributed by atoms with van der Waals surface area (Å²) in [5, 5.41) is 13.8. The number of fused-ring (bicyclic) bond motifs is 1. The number of aromatic amines is 1. The highest BCUT2D eigenvalue weighted by atomic mass is 16.6. The molecule has 0 aliphatic carbocycles. The highest BCUT2D eigenvalue weighted by molar-refractivity contribution is 5.80. The molecule has 0 saturated carbocycles. The highest BCUT2D eigenvalue weighted by Crippen LogP contribution is 2.25. The van der Waals surface area contributed by atoms with Crippen molar-refractivity contribution in [1.29, 1.82) is 0 Å². The van der Waals surface area contributed by atoms with E-state index in [4.69, 9.17) is 4.74 Å². The van der Waals surface area contributed by atoms with Crippen LogP contribution in [0, 0.1) is 10.1 Å². The van der Waals surface area contributed by atoms with Crippen molar-refractivity contribution in [3.8, 4) is 5.75 Å². The van der Waals surface area contributed by atoms with Crippen molar-refractivity contribution in [2.75, 3.05) is 18.9 Å². The number of ether oxygens (including phenoxy) is 1. The first-order valence-corrected chi connectivity index (χ1v) is 8.34. The molecule has 8 heteroatoms. The van der Waals surface area contributed by atoms with E-state index in [0.717, 1.165) is 23.3 Å². The molecule has 136 valence electrons. The van der Waals surface area contributed by atoms with E-state index in [1.807, 2.05) is 43.6 Å². The Labute approximate surface area is 154 Å². The van der Waals surface area contributed by atoms with Gasteiger partial charge in [0.2, 0.25) is 5.95 Å². The summed E-state index contributed by atoms with van der Waals surface area (Å²) >= 11 is 0. The predicted molar refractivity (Wildman–Crippen MR) is 103 cm³/mol. The second-order valence-electron chi connectivity index (χ2n) is 6.16. The van der Waals surface area contributed by atoms with Gasteiger partial charge in [0, 0.05) is 43.7 Å². The van der Waals surface area contributed by atoms with Crippen LogP contribution in [-0.4, -0.2) is 33.4 Å². The van der Waals surface area contributed by atoms with Crippen LogP contribution in [0.4, 0.5) is 17.3 Å². The number of imidazole rings is 1. The fourth-order valence-electron chi connectivity index (χ4n) is 2.69. The van der Waals surface area contributed by atoms with Crippen LogP contribution >= 0.6 is 0 Å². The lowest BCUT2D eigenvalue weighted by molar-refractivity contribution is -0.384. The SMILES string of the molecule is CN1C=CC(Oc2ccc3nc(Nc4ccc([N+](=O)[O-])cc4)[nH]c3c2)=CC1. The standard InChI is InChI=1S/C19H17N5O3/c1-23-10-8-15(9-11-23)27-16-6-7-17-18(12-16)22-19(21-17)20-13-2-4-14(5-3-13)24(25)26/h2-10,12H,11H2,1H3,(H2,20,21,22). The smallest absolute Gasteiger partial charge is 0.269 e. The molecular weight excluding hydrogens is 346 g/mol. The molecule has 27 heavy (non-hydrogen) atoms. The van der Waals surface area contributed by atoms with Crippen LogP contribution < -0.4 is 10.1 Å². The van der Waals surface area contributed by atoms with Gasteiger partial charge in [-0.2, -0.15) is 0 Å². The Morgan fingerprint density at radius 3 is 2.78 bits per heavy atom. The molecule has 0 unspecified atom stereocenters. The van der Waals surface area contributed by atoms with Crippen LogP contribution in [0.3, 0.4) is 0 Å². The van der Waals surface area contributed by atoms with Crippen molar-refractivity contribution in [3.63, 3.8) is 0 Å². The van der Waals surface area contributed by atoms with Crippen LogP contribution in [0.15, 0.2) is 66.6 Å². The monoisotopic (exact) mass is 363 g/mol. The number of benzene rings is 2. The molecule has 2 aromatic carbocycles. The lowest BCUT2D eigenvalue weighted by Crippen LogP contribution is -2.15. The fourth-order valence-corrected chi connectivity index (χ4v) is 2.69. The fraction of sp³-hybridized carbons (Fsp3) is 0.105. The third-order valence-corrected chi connectivity index (χ3v) is 4.10. The average molecular weight is 363 g/mol. The van der Waals surface area contributed by atoms with E-state index in [0.29, 0.717) is 17.4 Å². The van der Waals surface area contributed by atoms with E-state index < -0.39 is 4.92 Å². The minimum atomic E-state index is -0.429. The number of hydrogen-bond acceptors (Lipinski definition) is 6. The minimum absolute atomic E-state index is 0.0456. The zero-order valence-electron chi connectivity index (χ0n) is 14.5. The number of aromatic nitrogens is 2. The molecule has 1 aliphatic heterocycles. The summed E-state index contributed by atoms with van der Waals surface area (Å²) in [5.41, 5.74) is 2.37. The number of non-ortho nitro benzene ring substituents is 1. The number of nitrogens with zero attached hydrogens (tertiary/aromatic N) is 3. The summed E-state index contributed by atoms with van der Waals surface area (Å²) in [5.74, 6) is 2.07. The van der Waals surface area contributed by atoms with Crippen molar-refractivity contribution >= 4 is 28.4 Å². The Morgan fingerprint density at radius 1 is 1.26 bits per heavy atom. The summed E-state index contributed by atoms with van der Waals surface area (Å²) in [6.45, 7) is 0.807. The maximum absolute atomic E-state index is 10.7. The van der Waals surface area contributed by atoms with Gasteiger partial charge in [-0.25, -0.2) is 4.98 Å². The van der Waals surface area contributed by atoms with Crippen molar-refractivity contribution in [1.82, 2.24) is 14.9 Å². The van der Waals surface area contributed by atoms with Gasteiger partial charge in [-0.05, 0) is 36.4 Å². The maximum atomic E-state index is 10.7. The summed E-state index contributed by atoms with van der Waals surface area (Å²) in [7, 11) is 2.00. The van der Waals surface area contributed by atoms with Crippen LogP contribution in [0.1, 0.15) is 0 Å². The number of nitrogens with one attached hydrogen (secondary N) is 2. The summed E-state index contributed by atoms with van der Waals surface area (Å²) in [6.07, 6.45) is 5.90. The lowest BCUT2D eigenvalue weighted by atomic mass is 10.3. The van der Waals surface area contributed by atoms with Gasteiger partial charge in [0.25, 0.3) is 5.69 Å². The van der Waals surface area contributed by atoms with Gasteiger partial charge >= 0.3 is 0 Å². The molecule has 0 saturated heterocycles. The first-order chi connectivity index (χ1) is 13.1. The van der Waals surface area contributed by atoms with E-state index in [9.17, 15) is 10.1 Å². The Morgan fingerprint density at radius 2 is 2.07 bits per heavy atom. The normalized spacial score (nSPS) is 13.5. The van der Waals surface area contributed by atoms with Gasteiger partial charge in [-0.1, -0.05) is 0 Å². The molecule has 0 fully saturated rings. The summed E-state index contributed by atoms with van der Waals surface area (Å²) < 4.78 is 5.89. The zero-order chi connectivity index (χ0) is 18.8. The molecule has 2 heterocycles. The number of H-pyrrole nitrogens is 1. The molecule has 0 bridgehead atoms. The van der Waals surface area contributed by atoms with Gasteiger partial charge in [-0.3, -0.25) is 10.1 Å². The Bertz CT molecular complexity index is 1050. The van der Waals surface area contributed by atoms with Gasteiger partial charge in [0.15, 0.2) is 0 Å². The van der Waals surface area contributed by atoms with E-state index in [2.05, 4.69) is 20.2 Å². The number of nitro groups is 1. The molecule has 4 rings (SSSR count). The largest absolute Gasteiger partial charge is 0.458 e. The van der Waals surface area contributed by atoms with Crippen LogP contribution in [0.5, 0.6) is 5.75 Å². The van der Waals surface area contributed by atoms with Crippen LogP contribution in [0.25, 0.3) is 11.0 Å². The Balaban J connectivity index is 1.50. The van der Waals surface area contributed by atoms with Crippen LogP contribution in [0.2, 0.25) is 0 Å². The van der Waals surface area contributed by atoms with E-state index in [-0.39, 0.29) is 5.69 Å². The number of rotatable bonds is 5. The zero-order valence-corrected chi connectivity index (χ0v) is 14.5. The van der Waals surface area contributed by atoms with E-state index in [1.165, 1.54) is 12.1 Å². The number of nitro benzene ring substituents is 1. The minimum Gasteiger partial charge on any atom is -0.458 e. The summed E-state index contributed by atoms with van der Waals surface area (Å²) in [6, 6.07) is 11.8. The Kier molecular flexibility index (Phi) is 4.21. The molecule has 0 spiro atoms. The molecule has 2 N–H and O–H groups in total. The second-order valence-corrected chi connectivity index (χ2v) is 6.16. The molecule has 0 amide bonds. The van der Waals surface area contributed by atoms with Gasteiger partial charge in [0.05, 0.1) is 16.0 Å². The molecule has 0 atom stereocenters. The lowest BCUT2D eigenvalue weighted by Gasteiger charge is -2.17. The number of anilines is 2. The number of allylic oxidation sites excluding steroid dienone is 1. The van der Waals surface area contributed by atoms with E-state index in [1.54, 1.807) is 12.1 Å². The van der Waals surface area contributed by atoms with E-state index >= 15 is 0 Å². The molecular formula is C19H17N5O3. The third kappa shape index (κ3) is 3.74. The van der Waals surface area contributed by atoms with Gasteiger partial charge < -0.3 is 19.9 Å². The first-order valence-electron chi connectivity index (χ1n) is 8.34. The molecule has 1 aliphatic rings. The van der Waals surface area contributed by atoms with Gasteiger partial charge in [0.1, 0.15) is 11.5 Å². The summed E-state index contributed by atoms with van der Waals surface area (Å²) in [4.78, 5) is 20.0. The quantitative estimate of drug-likeness (QED) is 0.526. The number of likely N-dealkylation sites (N-methyl/N-ethyl adjacent to an activating group) is 1. The molecule has 3 aromatic rings. The predicted octanol–water partition coefficient (Wildman–Crippen LogP) is 3.94. The van der Waals surface area contributed by atoms with Crippen molar-refractivity contribution in [2.24, 2.45) is 0 Å². The average Bonchev–Trinajstić information content (AvgIpc) is 3.05. The topological polar surface area (TPSA) is 96.3 Å². The van der Waals surface area contributed by atoms with Crippen LogP contribution in [-0.2, 0) is 0 Å². The number of hydrogen-bond donors (Lipinski definition) is 2. The second kappa shape index (κ2) is 6.83. The van der Waals surface area contributed by atoms with Crippen molar-refractivity contribution < 1.29 is 9.66 Å².